The average Bonchev–Trinajstić information content (AvgIpc) is 3.22. The molecule has 3 atom stereocenters. The van der Waals surface area contributed by atoms with E-state index in [1.54, 1.807) is 10.9 Å². The Morgan fingerprint density at radius 2 is 1.78 bits per heavy atom. The standard InChI is InChI=1S/C28H34F2N4O2/c1-18-5-4-6-19(2)34(18)17-24(35)14-22(11-20-7-9-25(29)26(30)13-20)28(36)31-15-21-8-10-27-23(12-21)16-32-33(27)3/h7-10,12-13,16,18-19,22H,4-6,11,14-15,17H2,1-3H3,(H,31,36)/t18-,19+,22-/m1/s1. The van der Waals surface area contributed by atoms with Crippen molar-refractivity contribution in [2.24, 2.45) is 13.0 Å². The first kappa shape index (κ1) is 25.9. The molecular weight excluding hydrogens is 462 g/mol. The second kappa shape index (κ2) is 11.3. The molecule has 1 fully saturated rings. The van der Waals surface area contributed by atoms with Crippen LogP contribution >= 0.6 is 0 Å². The molecule has 1 aliphatic heterocycles. The molecule has 1 aliphatic rings. The Morgan fingerprint density at radius 1 is 1.06 bits per heavy atom. The summed E-state index contributed by atoms with van der Waals surface area (Å²) in [5.41, 5.74) is 2.39. The topological polar surface area (TPSA) is 67.2 Å². The molecule has 1 amide bonds. The minimum atomic E-state index is -0.960. The Kier molecular flexibility index (Phi) is 8.14. The van der Waals surface area contributed by atoms with Crippen molar-refractivity contribution in [3.05, 3.63) is 65.4 Å². The molecule has 0 radical (unpaired) electrons. The fourth-order valence-electron chi connectivity index (χ4n) is 5.19. The number of likely N-dealkylation sites (tertiary alicyclic amines) is 1. The Hall–Kier alpha value is -3.13. The van der Waals surface area contributed by atoms with Crippen LogP contribution in [0.3, 0.4) is 0 Å². The van der Waals surface area contributed by atoms with Crippen molar-refractivity contribution in [1.29, 1.82) is 0 Å². The lowest BCUT2D eigenvalue weighted by atomic mass is 9.91. The number of aryl methyl sites for hydroxylation is 1. The molecule has 192 valence electrons. The van der Waals surface area contributed by atoms with E-state index in [0.717, 1.165) is 47.9 Å². The van der Waals surface area contributed by atoms with Crippen LogP contribution < -0.4 is 5.32 Å². The molecule has 2 aromatic carbocycles. The first-order valence-electron chi connectivity index (χ1n) is 12.6. The van der Waals surface area contributed by atoms with Gasteiger partial charge >= 0.3 is 0 Å². The Labute approximate surface area is 210 Å². The molecule has 2 heterocycles. The van der Waals surface area contributed by atoms with E-state index >= 15 is 0 Å². The van der Waals surface area contributed by atoms with E-state index in [1.807, 2.05) is 25.2 Å². The van der Waals surface area contributed by atoms with Crippen LogP contribution in [0.5, 0.6) is 0 Å². The van der Waals surface area contributed by atoms with Gasteiger partial charge in [0, 0.05) is 43.4 Å². The number of carbonyl (C=O) groups is 2. The molecule has 36 heavy (non-hydrogen) atoms. The van der Waals surface area contributed by atoms with Gasteiger partial charge in [0.2, 0.25) is 5.91 Å². The van der Waals surface area contributed by atoms with E-state index in [-0.39, 0.29) is 24.5 Å². The number of benzene rings is 2. The number of nitrogens with zero attached hydrogens (tertiary/aromatic N) is 3. The molecule has 0 unspecified atom stereocenters. The molecule has 4 rings (SSSR count). The minimum Gasteiger partial charge on any atom is -0.352 e. The zero-order chi connectivity index (χ0) is 25.8. The number of hydrogen-bond donors (Lipinski definition) is 1. The summed E-state index contributed by atoms with van der Waals surface area (Å²) in [6, 6.07) is 10.1. The van der Waals surface area contributed by atoms with Crippen LogP contribution in [0.1, 0.15) is 50.7 Å². The van der Waals surface area contributed by atoms with Crippen LogP contribution in [0.4, 0.5) is 8.78 Å². The van der Waals surface area contributed by atoms with Gasteiger partial charge in [-0.25, -0.2) is 8.78 Å². The van der Waals surface area contributed by atoms with Crippen molar-refractivity contribution >= 4 is 22.6 Å². The Bertz CT molecular complexity index is 1230. The van der Waals surface area contributed by atoms with Crippen LogP contribution in [-0.2, 0) is 29.6 Å². The van der Waals surface area contributed by atoms with E-state index in [2.05, 4.69) is 29.2 Å². The zero-order valence-electron chi connectivity index (χ0n) is 21.1. The lowest BCUT2D eigenvalue weighted by Crippen LogP contribution is -2.46. The summed E-state index contributed by atoms with van der Waals surface area (Å²) in [5.74, 6) is -2.87. The summed E-state index contributed by atoms with van der Waals surface area (Å²) < 4.78 is 29.1. The maximum absolute atomic E-state index is 13.8. The molecule has 0 aliphatic carbocycles. The minimum absolute atomic E-state index is 0.0184. The summed E-state index contributed by atoms with van der Waals surface area (Å²) in [6.45, 7) is 4.86. The average molecular weight is 497 g/mol. The van der Waals surface area contributed by atoms with E-state index in [4.69, 9.17) is 0 Å². The van der Waals surface area contributed by atoms with Gasteiger partial charge in [0.25, 0.3) is 0 Å². The number of rotatable bonds is 9. The lowest BCUT2D eigenvalue weighted by molar-refractivity contribution is -0.130. The van der Waals surface area contributed by atoms with Crippen molar-refractivity contribution < 1.29 is 18.4 Å². The largest absolute Gasteiger partial charge is 0.352 e. The second-order valence-corrected chi connectivity index (χ2v) is 10.1. The summed E-state index contributed by atoms with van der Waals surface area (Å²) in [5, 5.41) is 8.16. The molecular formula is C28H34F2N4O2. The fourth-order valence-corrected chi connectivity index (χ4v) is 5.19. The predicted molar refractivity (Wildman–Crippen MR) is 135 cm³/mol. The highest BCUT2D eigenvalue weighted by Crippen LogP contribution is 2.23. The number of hydrogen-bond acceptors (Lipinski definition) is 4. The summed E-state index contributed by atoms with van der Waals surface area (Å²) >= 11 is 0. The van der Waals surface area contributed by atoms with Gasteiger partial charge in [0.15, 0.2) is 11.6 Å². The molecule has 3 aromatic rings. The van der Waals surface area contributed by atoms with E-state index in [0.29, 0.717) is 30.7 Å². The number of piperidine rings is 1. The van der Waals surface area contributed by atoms with Gasteiger partial charge in [-0.15, -0.1) is 0 Å². The SMILES string of the molecule is C[C@@H]1CCC[C@H](C)N1CC(=O)C[C@@H](Cc1ccc(F)c(F)c1)C(=O)NCc1ccc2c(cnn2C)c1. The van der Waals surface area contributed by atoms with Gasteiger partial charge in [-0.05, 0) is 68.5 Å². The third kappa shape index (κ3) is 6.16. The van der Waals surface area contributed by atoms with Gasteiger partial charge in [0.05, 0.1) is 18.3 Å². The van der Waals surface area contributed by atoms with E-state index in [1.165, 1.54) is 6.07 Å². The zero-order valence-corrected chi connectivity index (χ0v) is 21.1. The molecule has 1 saturated heterocycles. The van der Waals surface area contributed by atoms with Crippen molar-refractivity contribution in [3.8, 4) is 0 Å². The van der Waals surface area contributed by atoms with E-state index in [9.17, 15) is 18.4 Å². The normalized spacial score (nSPS) is 19.4. The monoisotopic (exact) mass is 496 g/mol. The number of aromatic nitrogens is 2. The molecule has 0 spiro atoms. The molecule has 8 heteroatoms. The number of amides is 1. The Balaban J connectivity index is 1.46. The number of Topliss-reactive ketones (excluding diaryl/α,β-unsaturated/α-hetero) is 1. The number of fused-ring (bicyclic) bond motifs is 1. The highest BCUT2D eigenvalue weighted by Gasteiger charge is 2.29. The first-order valence-corrected chi connectivity index (χ1v) is 12.6. The summed E-state index contributed by atoms with van der Waals surface area (Å²) in [7, 11) is 1.87. The number of ketones is 1. The van der Waals surface area contributed by atoms with Gasteiger partial charge in [-0.2, -0.15) is 5.10 Å². The van der Waals surface area contributed by atoms with Crippen LogP contribution in [0, 0.1) is 17.6 Å². The van der Waals surface area contributed by atoms with Gasteiger partial charge < -0.3 is 5.32 Å². The maximum Gasteiger partial charge on any atom is 0.224 e. The van der Waals surface area contributed by atoms with Crippen LogP contribution in [0.2, 0.25) is 0 Å². The molecule has 1 N–H and O–H groups in total. The van der Waals surface area contributed by atoms with Crippen LogP contribution in [0.15, 0.2) is 42.6 Å². The van der Waals surface area contributed by atoms with Gasteiger partial charge in [-0.3, -0.25) is 19.2 Å². The molecule has 0 bridgehead atoms. The maximum atomic E-state index is 13.8. The smallest absolute Gasteiger partial charge is 0.224 e. The number of carbonyl (C=O) groups excluding carboxylic acids is 2. The van der Waals surface area contributed by atoms with Gasteiger partial charge in [-0.1, -0.05) is 18.6 Å². The van der Waals surface area contributed by atoms with Crippen LogP contribution in [0.25, 0.3) is 10.9 Å². The van der Waals surface area contributed by atoms with Crippen LogP contribution in [-0.4, -0.2) is 45.0 Å². The third-order valence-corrected chi connectivity index (χ3v) is 7.32. The number of nitrogens with one attached hydrogen (secondary N) is 1. The highest BCUT2D eigenvalue weighted by atomic mass is 19.2. The molecule has 6 nitrogen and oxygen atoms in total. The molecule has 1 aromatic heterocycles. The quantitative estimate of drug-likeness (QED) is 0.472. The lowest BCUT2D eigenvalue weighted by Gasteiger charge is -2.38. The fraction of sp³-hybridized carbons (Fsp3) is 0.464. The molecule has 0 saturated carbocycles. The number of halogens is 2. The third-order valence-electron chi connectivity index (χ3n) is 7.32. The predicted octanol–water partition coefficient (Wildman–Crippen LogP) is 4.55. The van der Waals surface area contributed by atoms with Crippen molar-refractivity contribution in [2.45, 2.75) is 64.6 Å². The van der Waals surface area contributed by atoms with Crippen molar-refractivity contribution in [2.75, 3.05) is 6.54 Å². The first-order chi connectivity index (χ1) is 17.2. The highest BCUT2D eigenvalue weighted by molar-refractivity contribution is 5.88. The second-order valence-electron chi connectivity index (χ2n) is 10.1. The summed E-state index contributed by atoms with van der Waals surface area (Å²) in [4.78, 5) is 28.5. The van der Waals surface area contributed by atoms with Crippen molar-refractivity contribution in [1.82, 2.24) is 20.0 Å². The van der Waals surface area contributed by atoms with Gasteiger partial charge in [0.1, 0.15) is 5.78 Å². The summed E-state index contributed by atoms with van der Waals surface area (Å²) in [6.07, 6.45) is 5.23. The Morgan fingerprint density at radius 3 is 2.50 bits per heavy atom. The van der Waals surface area contributed by atoms with E-state index < -0.39 is 17.6 Å². The van der Waals surface area contributed by atoms with Crippen molar-refractivity contribution in [3.63, 3.8) is 0 Å².